The van der Waals surface area contributed by atoms with Crippen molar-refractivity contribution in [2.24, 2.45) is 5.73 Å². The van der Waals surface area contributed by atoms with Gasteiger partial charge in [0.2, 0.25) is 11.8 Å². The second-order valence-corrected chi connectivity index (χ2v) is 4.17. The van der Waals surface area contributed by atoms with Crippen molar-refractivity contribution >= 4 is 23.4 Å². The van der Waals surface area contributed by atoms with E-state index in [9.17, 15) is 14.4 Å². The van der Waals surface area contributed by atoms with Gasteiger partial charge in [-0.1, -0.05) is 0 Å². The summed E-state index contributed by atoms with van der Waals surface area (Å²) in [5.74, 6) is -1.30. The highest BCUT2D eigenvalue weighted by Crippen LogP contribution is 2.04. The van der Waals surface area contributed by atoms with Gasteiger partial charge in [-0.05, 0) is 24.3 Å². The van der Waals surface area contributed by atoms with Gasteiger partial charge in [0.25, 0.3) is 5.91 Å². The van der Waals surface area contributed by atoms with E-state index in [2.05, 4.69) is 10.6 Å². The van der Waals surface area contributed by atoms with E-state index in [-0.39, 0.29) is 38.1 Å². The Morgan fingerprint density at radius 2 is 1.76 bits per heavy atom. The van der Waals surface area contributed by atoms with Gasteiger partial charge in [-0.2, -0.15) is 0 Å². The number of ether oxygens (including phenoxy) is 1. The number of benzene rings is 1. The van der Waals surface area contributed by atoms with Crippen molar-refractivity contribution in [3.63, 3.8) is 0 Å². The van der Waals surface area contributed by atoms with Gasteiger partial charge < -0.3 is 26.8 Å². The zero-order valence-electron chi connectivity index (χ0n) is 11.4. The summed E-state index contributed by atoms with van der Waals surface area (Å²) in [7, 11) is 0. The summed E-state index contributed by atoms with van der Waals surface area (Å²) >= 11 is 0. The number of nitrogen functional groups attached to an aromatic ring is 1. The van der Waals surface area contributed by atoms with E-state index in [1.807, 2.05) is 0 Å². The Bertz CT molecular complexity index is 501. The van der Waals surface area contributed by atoms with Crippen molar-refractivity contribution in [2.45, 2.75) is 0 Å². The van der Waals surface area contributed by atoms with Crippen LogP contribution in [0.15, 0.2) is 24.3 Å². The summed E-state index contributed by atoms with van der Waals surface area (Å²) in [6, 6.07) is 6.34. The van der Waals surface area contributed by atoms with E-state index in [0.717, 1.165) is 0 Å². The molecule has 114 valence electrons. The van der Waals surface area contributed by atoms with Gasteiger partial charge >= 0.3 is 0 Å². The van der Waals surface area contributed by atoms with E-state index in [0.29, 0.717) is 11.3 Å². The van der Waals surface area contributed by atoms with Gasteiger partial charge in [0, 0.05) is 17.8 Å². The van der Waals surface area contributed by atoms with Crippen LogP contribution in [-0.4, -0.2) is 44.0 Å². The summed E-state index contributed by atoms with van der Waals surface area (Å²) in [6.45, 7) is 0.0488. The van der Waals surface area contributed by atoms with E-state index >= 15 is 0 Å². The summed E-state index contributed by atoms with van der Waals surface area (Å²) in [4.78, 5) is 33.5. The first kappa shape index (κ1) is 16.4. The number of hydrogen-bond acceptors (Lipinski definition) is 5. The lowest BCUT2D eigenvalue weighted by atomic mass is 10.2. The molecule has 0 heterocycles. The van der Waals surface area contributed by atoms with Crippen LogP contribution in [0.3, 0.4) is 0 Å². The third kappa shape index (κ3) is 6.92. The molecule has 0 spiro atoms. The normalized spacial score (nSPS) is 9.90. The number of nitrogens with two attached hydrogens (primary N) is 2. The van der Waals surface area contributed by atoms with Crippen molar-refractivity contribution < 1.29 is 19.1 Å². The van der Waals surface area contributed by atoms with E-state index in [1.54, 1.807) is 24.3 Å². The molecule has 0 aliphatic rings. The predicted molar refractivity (Wildman–Crippen MR) is 76.2 cm³/mol. The number of anilines is 1. The average molecular weight is 294 g/mol. The molecule has 0 aromatic heterocycles. The molecule has 1 aromatic carbocycles. The van der Waals surface area contributed by atoms with Gasteiger partial charge in [-0.15, -0.1) is 0 Å². The largest absolute Gasteiger partial charge is 0.399 e. The van der Waals surface area contributed by atoms with Gasteiger partial charge in [-0.25, -0.2) is 0 Å². The molecule has 1 aromatic rings. The number of primary amides is 1. The molecule has 0 aliphatic carbocycles. The van der Waals surface area contributed by atoms with Gasteiger partial charge in [0.15, 0.2) is 0 Å². The molecule has 0 saturated carbocycles. The van der Waals surface area contributed by atoms with Crippen molar-refractivity contribution in [3.8, 4) is 0 Å². The maximum atomic E-state index is 11.7. The van der Waals surface area contributed by atoms with Crippen LogP contribution in [-0.2, 0) is 14.3 Å². The standard InChI is InChI=1S/C13H18N4O4/c14-10-3-1-9(2-4-10)13(20)17-7-12(19)16-5-6-21-8-11(15)18/h1-4H,5-8,14H2,(H2,15,18)(H,16,19)(H,17,20). The van der Waals surface area contributed by atoms with E-state index in [1.165, 1.54) is 0 Å². The molecule has 0 aliphatic heterocycles. The second kappa shape index (κ2) is 8.54. The summed E-state index contributed by atoms with van der Waals surface area (Å²) in [5.41, 5.74) is 11.4. The molecule has 0 saturated heterocycles. The first-order chi connectivity index (χ1) is 9.99. The van der Waals surface area contributed by atoms with Crippen LogP contribution >= 0.6 is 0 Å². The molecule has 0 radical (unpaired) electrons. The van der Waals surface area contributed by atoms with Crippen LogP contribution in [0, 0.1) is 0 Å². The minimum Gasteiger partial charge on any atom is -0.399 e. The van der Waals surface area contributed by atoms with E-state index < -0.39 is 5.91 Å². The molecule has 6 N–H and O–H groups in total. The summed E-state index contributed by atoms with van der Waals surface area (Å²) < 4.78 is 4.86. The number of nitrogens with one attached hydrogen (secondary N) is 2. The van der Waals surface area contributed by atoms with Gasteiger partial charge in [0.1, 0.15) is 6.61 Å². The minimum atomic E-state index is -0.572. The molecule has 0 unspecified atom stereocenters. The molecule has 8 heteroatoms. The monoisotopic (exact) mass is 294 g/mol. The third-order valence-corrected chi connectivity index (χ3v) is 2.40. The lowest BCUT2D eigenvalue weighted by molar-refractivity contribution is -0.122. The fourth-order valence-corrected chi connectivity index (χ4v) is 1.39. The summed E-state index contributed by atoms with van der Waals surface area (Å²) in [5, 5.41) is 4.99. The molecular formula is C13H18N4O4. The quantitative estimate of drug-likeness (QED) is 0.346. The molecule has 0 atom stereocenters. The molecule has 8 nitrogen and oxygen atoms in total. The maximum Gasteiger partial charge on any atom is 0.251 e. The number of carbonyl (C=O) groups excluding carboxylic acids is 3. The summed E-state index contributed by atoms with van der Waals surface area (Å²) in [6.07, 6.45) is 0. The Morgan fingerprint density at radius 3 is 2.38 bits per heavy atom. The van der Waals surface area contributed by atoms with Crippen molar-refractivity contribution in [2.75, 3.05) is 32.0 Å². The lowest BCUT2D eigenvalue weighted by Crippen LogP contribution is -2.38. The Hall–Kier alpha value is -2.61. The van der Waals surface area contributed by atoms with Gasteiger partial charge in [-0.3, -0.25) is 14.4 Å². The molecule has 0 bridgehead atoms. The van der Waals surface area contributed by atoms with E-state index in [4.69, 9.17) is 16.2 Å². The Labute approximate surface area is 121 Å². The smallest absolute Gasteiger partial charge is 0.251 e. The Balaban J connectivity index is 2.19. The van der Waals surface area contributed by atoms with Crippen LogP contribution in [0.2, 0.25) is 0 Å². The highest BCUT2D eigenvalue weighted by molar-refractivity contribution is 5.96. The van der Waals surface area contributed by atoms with Crippen LogP contribution in [0.5, 0.6) is 0 Å². The van der Waals surface area contributed by atoms with Gasteiger partial charge in [0.05, 0.1) is 13.2 Å². The second-order valence-electron chi connectivity index (χ2n) is 4.17. The van der Waals surface area contributed by atoms with Crippen LogP contribution in [0.25, 0.3) is 0 Å². The number of carbonyl (C=O) groups is 3. The van der Waals surface area contributed by atoms with Crippen molar-refractivity contribution in [3.05, 3.63) is 29.8 Å². The molecular weight excluding hydrogens is 276 g/mol. The fourth-order valence-electron chi connectivity index (χ4n) is 1.39. The molecule has 0 fully saturated rings. The molecule has 3 amide bonds. The topological polar surface area (TPSA) is 137 Å². The highest BCUT2D eigenvalue weighted by atomic mass is 16.5. The van der Waals surface area contributed by atoms with Crippen LogP contribution in [0.1, 0.15) is 10.4 Å². The average Bonchev–Trinajstić information content (AvgIpc) is 2.44. The maximum absolute atomic E-state index is 11.7. The van der Waals surface area contributed by atoms with Crippen LogP contribution < -0.4 is 22.1 Å². The zero-order chi connectivity index (χ0) is 15.7. The highest BCUT2D eigenvalue weighted by Gasteiger charge is 2.07. The Morgan fingerprint density at radius 1 is 1.10 bits per heavy atom. The first-order valence-corrected chi connectivity index (χ1v) is 6.25. The van der Waals surface area contributed by atoms with Crippen molar-refractivity contribution in [1.29, 1.82) is 0 Å². The lowest BCUT2D eigenvalue weighted by Gasteiger charge is -2.07. The molecule has 1 rings (SSSR count). The minimum absolute atomic E-state index is 0.154. The number of amides is 3. The SMILES string of the molecule is NC(=O)COCCNC(=O)CNC(=O)c1ccc(N)cc1. The van der Waals surface area contributed by atoms with Crippen LogP contribution in [0.4, 0.5) is 5.69 Å². The number of rotatable bonds is 8. The third-order valence-electron chi connectivity index (χ3n) is 2.40. The molecule has 21 heavy (non-hydrogen) atoms. The first-order valence-electron chi connectivity index (χ1n) is 6.25. The Kier molecular flexibility index (Phi) is 6.69. The predicted octanol–water partition coefficient (Wildman–Crippen LogP) is -1.38. The zero-order valence-corrected chi connectivity index (χ0v) is 11.4. The fraction of sp³-hybridized carbons (Fsp3) is 0.308. The number of hydrogen-bond donors (Lipinski definition) is 4. The van der Waals surface area contributed by atoms with Crippen molar-refractivity contribution in [1.82, 2.24) is 10.6 Å².